The maximum atomic E-state index is 3.52. The predicted molar refractivity (Wildman–Crippen MR) is 75.4 cm³/mol. The summed E-state index contributed by atoms with van der Waals surface area (Å²) in [5.41, 5.74) is 1.30. The standard InChI is InChI=1S/C15H13BrN/c16-9-10-17-11-12-5-1-2-6-13(12)14-7-3-4-8-15(14)17/h1-8,11H,9-10H2/q+1. The van der Waals surface area contributed by atoms with Crippen LogP contribution in [-0.2, 0) is 6.54 Å². The van der Waals surface area contributed by atoms with Crippen LogP contribution in [-0.4, -0.2) is 5.33 Å². The average molecular weight is 287 g/mol. The third-order valence-electron chi connectivity index (χ3n) is 3.08. The summed E-state index contributed by atoms with van der Waals surface area (Å²) in [4.78, 5) is 0. The zero-order valence-electron chi connectivity index (χ0n) is 9.44. The van der Waals surface area contributed by atoms with E-state index in [1.807, 2.05) is 0 Å². The van der Waals surface area contributed by atoms with Gasteiger partial charge in [0.1, 0.15) is 0 Å². The van der Waals surface area contributed by atoms with E-state index < -0.39 is 0 Å². The smallest absolute Gasteiger partial charge is 0.197 e. The first kappa shape index (κ1) is 10.7. The van der Waals surface area contributed by atoms with E-state index in [1.54, 1.807) is 0 Å². The Balaban J connectivity index is 2.45. The van der Waals surface area contributed by atoms with Gasteiger partial charge in [0, 0.05) is 16.8 Å². The van der Waals surface area contributed by atoms with Crippen molar-refractivity contribution in [3.8, 4) is 0 Å². The lowest BCUT2D eigenvalue weighted by molar-refractivity contribution is -0.665. The van der Waals surface area contributed by atoms with Gasteiger partial charge < -0.3 is 0 Å². The molecule has 3 rings (SSSR count). The predicted octanol–water partition coefficient (Wildman–Crippen LogP) is 3.68. The van der Waals surface area contributed by atoms with Crippen LogP contribution < -0.4 is 4.57 Å². The van der Waals surface area contributed by atoms with Gasteiger partial charge >= 0.3 is 0 Å². The minimum Gasteiger partial charge on any atom is -0.197 e. The van der Waals surface area contributed by atoms with Gasteiger partial charge in [0.2, 0.25) is 5.52 Å². The van der Waals surface area contributed by atoms with Crippen molar-refractivity contribution in [1.82, 2.24) is 0 Å². The van der Waals surface area contributed by atoms with Gasteiger partial charge in [-0.3, -0.25) is 0 Å². The molecule has 0 aliphatic heterocycles. The molecular weight excluding hydrogens is 274 g/mol. The molecule has 1 nitrogen and oxygen atoms in total. The van der Waals surface area contributed by atoms with Crippen LogP contribution in [0.3, 0.4) is 0 Å². The maximum absolute atomic E-state index is 3.52. The number of rotatable bonds is 2. The number of hydrogen-bond donors (Lipinski definition) is 0. The molecule has 2 aromatic carbocycles. The van der Waals surface area contributed by atoms with Crippen molar-refractivity contribution in [2.45, 2.75) is 6.54 Å². The van der Waals surface area contributed by atoms with E-state index in [2.05, 4.69) is 75.2 Å². The molecule has 0 N–H and O–H groups in total. The van der Waals surface area contributed by atoms with Crippen LogP contribution in [0.1, 0.15) is 0 Å². The first-order valence-corrected chi connectivity index (χ1v) is 6.88. The topological polar surface area (TPSA) is 3.88 Å². The van der Waals surface area contributed by atoms with E-state index in [-0.39, 0.29) is 0 Å². The average Bonchev–Trinajstić information content (AvgIpc) is 2.39. The van der Waals surface area contributed by atoms with Gasteiger partial charge in [0.15, 0.2) is 12.7 Å². The molecule has 0 radical (unpaired) electrons. The lowest BCUT2D eigenvalue weighted by atomic mass is 10.1. The molecule has 2 heteroatoms. The summed E-state index contributed by atoms with van der Waals surface area (Å²) in [7, 11) is 0. The lowest BCUT2D eigenvalue weighted by Crippen LogP contribution is -2.35. The highest BCUT2D eigenvalue weighted by molar-refractivity contribution is 9.09. The number of aromatic nitrogens is 1. The highest BCUT2D eigenvalue weighted by Gasteiger charge is 2.11. The van der Waals surface area contributed by atoms with Crippen molar-refractivity contribution in [3.63, 3.8) is 0 Å². The zero-order chi connectivity index (χ0) is 11.7. The van der Waals surface area contributed by atoms with E-state index in [4.69, 9.17) is 0 Å². The molecule has 3 aromatic rings. The number of hydrogen-bond acceptors (Lipinski definition) is 0. The minimum absolute atomic E-state index is 0.972. The Hall–Kier alpha value is -1.41. The van der Waals surface area contributed by atoms with Crippen LogP contribution in [0.25, 0.3) is 21.7 Å². The minimum atomic E-state index is 0.972. The highest BCUT2D eigenvalue weighted by atomic mass is 79.9. The molecule has 0 amide bonds. The van der Waals surface area contributed by atoms with Gasteiger partial charge in [-0.15, -0.1) is 0 Å². The van der Waals surface area contributed by atoms with Gasteiger partial charge in [-0.25, -0.2) is 0 Å². The second-order valence-electron chi connectivity index (χ2n) is 4.12. The van der Waals surface area contributed by atoms with E-state index >= 15 is 0 Å². The van der Waals surface area contributed by atoms with Crippen LogP contribution in [0.5, 0.6) is 0 Å². The Morgan fingerprint density at radius 1 is 0.882 bits per heavy atom. The number of benzene rings is 2. The second-order valence-corrected chi connectivity index (χ2v) is 4.91. The fourth-order valence-electron chi connectivity index (χ4n) is 2.32. The summed E-state index contributed by atoms with van der Waals surface area (Å²) >= 11 is 3.52. The molecule has 0 aliphatic carbocycles. The number of fused-ring (bicyclic) bond motifs is 3. The molecule has 0 bridgehead atoms. The molecule has 0 unspecified atom stereocenters. The molecule has 1 aromatic heterocycles. The largest absolute Gasteiger partial charge is 0.213 e. The van der Waals surface area contributed by atoms with Gasteiger partial charge in [-0.05, 0) is 12.1 Å². The molecule has 0 saturated heterocycles. The molecule has 0 aliphatic rings. The van der Waals surface area contributed by atoms with Gasteiger partial charge in [0.05, 0.1) is 10.7 Å². The number of alkyl halides is 1. The second kappa shape index (κ2) is 4.46. The molecule has 0 spiro atoms. The van der Waals surface area contributed by atoms with Crippen molar-refractivity contribution < 1.29 is 4.57 Å². The summed E-state index contributed by atoms with van der Waals surface area (Å²) in [5.74, 6) is 0. The monoisotopic (exact) mass is 286 g/mol. The third-order valence-corrected chi connectivity index (χ3v) is 3.44. The first-order chi connectivity index (χ1) is 8.40. The van der Waals surface area contributed by atoms with Crippen molar-refractivity contribution in [2.75, 3.05) is 5.33 Å². The van der Waals surface area contributed by atoms with Gasteiger partial charge in [-0.2, -0.15) is 4.57 Å². The van der Waals surface area contributed by atoms with Crippen molar-refractivity contribution in [1.29, 1.82) is 0 Å². The number of aryl methyl sites for hydroxylation is 1. The van der Waals surface area contributed by atoms with Crippen molar-refractivity contribution in [3.05, 3.63) is 54.7 Å². The van der Waals surface area contributed by atoms with Crippen molar-refractivity contribution >= 4 is 37.6 Å². The van der Waals surface area contributed by atoms with Gasteiger partial charge in [-0.1, -0.05) is 46.3 Å². The summed E-state index contributed by atoms with van der Waals surface area (Å²) in [6.45, 7) is 0.991. The van der Waals surface area contributed by atoms with Crippen molar-refractivity contribution in [2.24, 2.45) is 0 Å². The molecule has 84 valence electrons. The molecule has 17 heavy (non-hydrogen) atoms. The van der Waals surface area contributed by atoms with Crippen LogP contribution in [0.15, 0.2) is 54.7 Å². The SMILES string of the molecule is BrCC[n+]1cc2ccccc2c2ccccc21. The summed E-state index contributed by atoms with van der Waals surface area (Å²) < 4.78 is 2.31. The number of para-hydroxylation sites is 1. The van der Waals surface area contributed by atoms with E-state index in [9.17, 15) is 0 Å². The Labute approximate surface area is 109 Å². The van der Waals surface area contributed by atoms with Gasteiger partial charge in [0.25, 0.3) is 0 Å². The van der Waals surface area contributed by atoms with E-state index in [1.165, 1.54) is 21.7 Å². The van der Waals surface area contributed by atoms with E-state index in [0.717, 1.165) is 11.9 Å². The number of pyridine rings is 1. The molecule has 0 fully saturated rings. The van der Waals surface area contributed by atoms with Crippen LogP contribution in [0.2, 0.25) is 0 Å². The lowest BCUT2D eigenvalue weighted by Gasteiger charge is -2.04. The Morgan fingerprint density at radius 3 is 2.41 bits per heavy atom. The highest BCUT2D eigenvalue weighted by Crippen LogP contribution is 2.21. The quantitative estimate of drug-likeness (QED) is 0.384. The summed E-state index contributed by atoms with van der Waals surface area (Å²) in [6.07, 6.45) is 2.24. The van der Waals surface area contributed by atoms with Crippen LogP contribution in [0, 0.1) is 0 Å². The normalized spacial score (nSPS) is 11.1. The maximum Gasteiger partial charge on any atom is 0.213 e. The molecular formula is C15H13BrN+. The summed E-state index contributed by atoms with van der Waals surface area (Å²) in [5, 5.41) is 4.92. The molecule has 0 saturated carbocycles. The molecule has 1 heterocycles. The first-order valence-electron chi connectivity index (χ1n) is 5.76. The summed E-state index contributed by atoms with van der Waals surface area (Å²) in [6, 6.07) is 17.1. The zero-order valence-corrected chi connectivity index (χ0v) is 11.0. The number of nitrogens with zero attached hydrogens (tertiary/aromatic N) is 1. The Kier molecular flexibility index (Phi) is 2.81. The number of halogens is 1. The fourth-order valence-corrected chi connectivity index (χ4v) is 2.70. The van der Waals surface area contributed by atoms with Crippen LogP contribution >= 0.6 is 15.9 Å². The third kappa shape index (κ3) is 1.83. The fraction of sp³-hybridized carbons (Fsp3) is 0.133. The van der Waals surface area contributed by atoms with E-state index in [0.29, 0.717) is 0 Å². The molecule has 0 atom stereocenters. The Bertz CT molecular complexity index is 676. The van der Waals surface area contributed by atoms with Crippen LogP contribution in [0.4, 0.5) is 0 Å². The Morgan fingerprint density at radius 2 is 1.59 bits per heavy atom.